The zero-order valence-electron chi connectivity index (χ0n) is 20.3. The Morgan fingerprint density at radius 1 is 1.06 bits per heavy atom. The maximum atomic E-state index is 13.0. The maximum Gasteiger partial charge on any atom is 0.226 e. The summed E-state index contributed by atoms with van der Waals surface area (Å²) in [6.07, 6.45) is 3.16. The normalized spacial score (nSPS) is 19.2. The van der Waals surface area contributed by atoms with Crippen LogP contribution in [0.1, 0.15) is 30.4 Å². The molecule has 0 unspecified atom stereocenters. The van der Waals surface area contributed by atoms with Gasteiger partial charge in [0.1, 0.15) is 23.9 Å². The van der Waals surface area contributed by atoms with Crippen LogP contribution in [0, 0.1) is 18.3 Å². The molecule has 1 saturated carbocycles. The van der Waals surface area contributed by atoms with Gasteiger partial charge in [-0.3, -0.25) is 9.69 Å². The highest BCUT2D eigenvalue weighted by molar-refractivity contribution is 5.82. The van der Waals surface area contributed by atoms with E-state index in [1.54, 1.807) is 14.2 Å². The number of amides is 1. The van der Waals surface area contributed by atoms with Crippen LogP contribution in [0.25, 0.3) is 0 Å². The molecule has 0 radical (unpaired) electrons. The maximum absolute atomic E-state index is 13.0. The van der Waals surface area contributed by atoms with Gasteiger partial charge in [-0.1, -0.05) is 17.7 Å². The molecule has 1 saturated heterocycles. The molecule has 0 aromatic heterocycles. The average Bonchev–Trinajstić information content (AvgIpc) is 3.54. The number of hydrogen-bond donors (Lipinski definition) is 0. The van der Waals surface area contributed by atoms with Crippen molar-refractivity contribution in [3.63, 3.8) is 0 Å². The number of hydrogen-bond acceptors (Lipinski definition) is 5. The molecule has 33 heavy (non-hydrogen) atoms. The summed E-state index contributed by atoms with van der Waals surface area (Å²) < 4.78 is 16.7. The number of nitrogens with zero attached hydrogens (tertiary/aromatic N) is 2. The van der Waals surface area contributed by atoms with Crippen LogP contribution in [0.4, 0.5) is 0 Å². The Hall–Kier alpha value is -2.73. The smallest absolute Gasteiger partial charge is 0.226 e. The van der Waals surface area contributed by atoms with E-state index in [0.29, 0.717) is 13.2 Å². The van der Waals surface area contributed by atoms with E-state index in [4.69, 9.17) is 14.2 Å². The lowest BCUT2D eigenvalue weighted by Crippen LogP contribution is -2.38. The summed E-state index contributed by atoms with van der Waals surface area (Å²) in [6.45, 7) is 6.03. The monoisotopic (exact) mass is 452 g/mol. The lowest BCUT2D eigenvalue weighted by molar-refractivity contribution is -0.132. The van der Waals surface area contributed by atoms with Crippen molar-refractivity contribution in [3.05, 3.63) is 53.6 Å². The van der Waals surface area contributed by atoms with Gasteiger partial charge in [0.05, 0.1) is 20.8 Å². The second kappa shape index (κ2) is 10.0. The molecule has 1 amide bonds. The Balaban J connectivity index is 1.24. The Morgan fingerprint density at radius 3 is 2.42 bits per heavy atom. The fraction of sp³-hybridized carbons (Fsp3) is 0.519. The molecular formula is C27H36N2O4. The molecule has 1 aliphatic heterocycles. The van der Waals surface area contributed by atoms with Crippen molar-refractivity contribution in [2.24, 2.45) is 11.3 Å². The minimum absolute atomic E-state index is 0.162. The second-order valence-corrected chi connectivity index (χ2v) is 9.49. The van der Waals surface area contributed by atoms with Crippen molar-refractivity contribution in [1.29, 1.82) is 0 Å². The zero-order chi connectivity index (χ0) is 23.4. The van der Waals surface area contributed by atoms with E-state index in [0.717, 1.165) is 61.7 Å². The van der Waals surface area contributed by atoms with Crippen LogP contribution in [-0.4, -0.2) is 63.2 Å². The lowest BCUT2D eigenvalue weighted by atomic mass is 9.90. The van der Waals surface area contributed by atoms with Crippen molar-refractivity contribution in [3.8, 4) is 17.2 Å². The van der Waals surface area contributed by atoms with Gasteiger partial charge in [0.2, 0.25) is 5.91 Å². The van der Waals surface area contributed by atoms with Gasteiger partial charge < -0.3 is 19.1 Å². The topological polar surface area (TPSA) is 51.2 Å². The number of rotatable bonds is 9. The third kappa shape index (κ3) is 5.44. The Bertz CT molecular complexity index is 951. The molecule has 2 fully saturated rings. The van der Waals surface area contributed by atoms with Gasteiger partial charge in [-0.05, 0) is 75.0 Å². The van der Waals surface area contributed by atoms with E-state index in [1.807, 2.05) is 48.3 Å². The number of likely N-dealkylation sites (N-methyl/N-ethyl adjacent to an activating group) is 1. The Kier molecular flexibility index (Phi) is 7.13. The van der Waals surface area contributed by atoms with Gasteiger partial charge in [0.15, 0.2) is 0 Å². The van der Waals surface area contributed by atoms with Gasteiger partial charge in [-0.25, -0.2) is 0 Å². The summed E-state index contributed by atoms with van der Waals surface area (Å²) in [6, 6.07) is 14.0. The van der Waals surface area contributed by atoms with Gasteiger partial charge in [0.25, 0.3) is 0 Å². The third-order valence-corrected chi connectivity index (χ3v) is 7.31. The molecule has 0 N–H and O–H groups in total. The van der Waals surface area contributed by atoms with Crippen LogP contribution in [0.3, 0.4) is 0 Å². The second-order valence-electron chi connectivity index (χ2n) is 9.49. The number of benzene rings is 2. The van der Waals surface area contributed by atoms with Crippen molar-refractivity contribution >= 4 is 5.91 Å². The van der Waals surface area contributed by atoms with E-state index in [-0.39, 0.29) is 17.2 Å². The molecular weight excluding hydrogens is 416 g/mol. The first-order valence-corrected chi connectivity index (χ1v) is 11.8. The highest BCUT2D eigenvalue weighted by Gasteiger charge is 2.58. The quantitative estimate of drug-likeness (QED) is 0.572. The van der Waals surface area contributed by atoms with Gasteiger partial charge in [0, 0.05) is 25.1 Å². The minimum Gasteiger partial charge on any atom is -0.497 e. The number of carbonyl (C=O) groups excluding carboxylic acids is 1. The molecule has 0 bridgehead atoms. The standard InChI is InChI=1S/C27H36N2O4/c1-20-5-7-22(8-6-20)33-16-15-28(2)26(30)24-18-27(24)11-13-29(14-12-27)19-21-17-23(31-3)9-10-25(21)32-4/h5-10,17,24H,11-16,18-19H2,1-4H3/t24-/m1/s1. The molecule has 2 aliphatic rings. The summed E-state index contributed by atoms with van der Waals surface area (Å²) in [4.78, 5) is 17.3. The molecule has 4 rings (SSSR count). The van der Waals surface area contributed by atoms with Gasteiger partial charge in [-0.2, -0.15) is 0 Å². The SMILES string of the molecule is COc1ccc(OC)c(CN2CCC3(CC2)C[C@@H]3C(=O)N(C)CCOc2ccc(C)cc2)c1. The van der Waals surface area contributed by atoms with Crippen molar-refractivity contribution < 1.29 is 19.0 Å². The first-order valence-electron chi connectivity index (χ1n) is 11.8. The number of aryl methyl sites for hydroxylation is 1. The summed E-state index contributed by atoms with van der Waals surface area (Å²) in [5, 5.41) is 0. The summed E-state index contributed by atoms with van der Waals surface area (Å²) in [5.74, 6) is 3.02. The van der Waals surface area contributed by atoms with Crippen molar-refractivity contribution in [2.75, 3.05) is 47.5 Å². The van der Waals surface area contributed by atoms with Crippen LogP contribution in [0.5, 0.6) is 17.2 Å². The zero-order valence-corrected chi connectivity index (χ0v) is 20.3. The van der Waals surface area contributed by atoms with E-state index in [9.17, 15) is 4.79 Å². The number of ether oxygens (including phenoxy) is 3. The molecule has 6 nitrogen and oxygen atoms in total. The molecule has 2 aromatic carbocycles. The summed E-state index contributed by atoms with van der Waals surface area (Å²) in [5.41, 5.74) is 2.55. The predicted molar refractivity (Wildman–Crippen MR) is 129 cm³/mol. The molecule has 1 spiro atoms. The van der Waals surface area contributed by atoms with Crippen LogP contribution in [-0.2, 0) is 11.3 Å². The van der Waals surface area contributed by atoms with Crippen LogP contribution in [0.15, 0.2) is 42.5 Å². The highest BCUT2D eigenvalue weighted by Crippen LogP contribution is 2.60. The van der Waals surface area contributed by atoms with Crippen molar-refractivity contribution in [2.45, 2.75) is 32.7 Å². The third-order valence-electron chi connectivity index (χ3n) is 7.31. The molecule has 1 aliphatic carbocycles. The fourth-order valence-electron chi connectivity index (χ4n) is 4.96. The molecule has 6 heteroatoms. The Morgan fingerprint density at radius 2 is 1.76 bits per heavy atom. The van der Waals surface area contributed by atoms with Crippen LogP contribution < -0.4 is 14.2 Å². The number of methoxy groups -OCH3 is 2. The lowest BCUT2D eigenvalue weighted by Gasteiger charge is -2.33. The Labute approximate surface area is 197 Å². The van der Waals surface area contributed by atoms with E-state index < -0.39 is 0 Å². The van der Waals surface area contributed by atoms with Crippen LogP contribution in [0.2, 0.25) is 0 Å². The van der Waals surface area contributed by atoms with E-state index in [2.05, 4.69) is 17.9 Å². The number of carbonyl (C=O) groups is 1. The minimum atomic E-state index is 0.162. The van der Waals surface area contributed by atoms with Gasteiger partial charge in [-0.15, -0.1) is 0 Å². The number of likely N-dealkylation sites (tertiary alicyclic amines) is 1. The van der Waals surface area contributed by atoms with Crippen molar-refractivity contribution in [1.82, 2.24) is 9.80 Å². The number of piperidine rings is 1. The van der Waals surface area contributed by atoms with E-state index >= 15 is 0 Å². The first kappa shape index (κ1) is 23.4. The molecule has 1 atom stereocenters. The first-order chi connectivity index (χ1) is 15.9. The molecule has 178 valence electrons. The summed E-state index contributed by atoms with van der Waals surface area (Å²) in [7, 11) is 5.29. The summed E-state index contributed by atoms with van der Waals surface area (Å²) >= 11 is 0. The largest absolute Gasteiger partial charge is 0.497 e. The van der Waals surface area contributed by atoms with Gasteiger partial charge >= 0.3 is 0 Å². The van der Waals surface area contributed by atoms with Crippen LogP contribution >= 0.6 is 0 Å². The fourth-order valence-corrected chi connectivity index (χ4v) is 4.96. The highest BCUT2D eigenvalue weighted by atomic mass is 16.5. The van der Waals surface area contributed by atoms with E-state index in [1.165, 1.54) is 5.56 Å². The average molecular weight is 453 g/mol. The predicted octanol–water partition coefficient (Wildman–Crippen LogP) is 4.15. The molecule has 1 heterocycles. The molecule has 2 aromatic rings.